The predicted octanol–water partition coefficient (Wildman–Crippen LogP) is 0.467. The summed E-state index contributed by atoms with van der Waals surface area (Å²) in [6.45, 7) is 5.39. The highest BCUT2D eigenvalue weighted by Crippen LogP contribution is 2.10. The first-order valence-corrected chi connectivity index (χ1v) is 10.3. The number of amides is 1. The normalized spacial score (nSPS) is 19.4. The van der Waals surface area contributed by atoms with Gasteiger partial charge in [0.15, 0.2) is 15.8 Å². The van der Waals surface area contributed by atoms with Crippen LogP contribution in [-0.4, -0.2) is 57.5 Å². The van der Waals surface area contributed by atoms with Gasteiger partial charge < -0.3 is 16.0 Å². The molecule has 1 fully saturated rings. The second-order valence-corrected chi connectivity index (χ2v) is 8.36. The maximum absolute atomic E-state index is 12.1. The van der Waals surface area contributed by atoms with E-state index in [1.165, 1.54) is 0 Å². The zero-order valence-corrected chi connectivity index (χ0v) is 15.5. The molecule has 0 saturated carbocycles. The lowest BCUT2D eigenvalue weighted by molar-refractivity contribution is 0.0954. The number of nitrogens with one attached hydrogen (secondary N) is 3. The Morgan fingerprint density at radius 3 is 2.76 bits per heavy atom. The fourth-order valence-corrected chi connectivity index (χ4v) is 4.32. The van der Waals surface area contributed by atoms with Crippen molar-refractivity contribution in [2.45, 2.75) is 26.3 Å². The fourth-order valence-electron chi connectivity index (χ4n) is 2.65. The Balaban J connectivity index is 1.82. The Morgan fingerprint density at radius 2 is 2.12 bits per heavy atom. The number of nitrogens with zero attached hydrogens (tertiary/aromatic N) is 1. The van der Waals surface area contributed by atoms with Crippen molar-refractivity contribution >= 4 is 21.7 Å². The molecule has 138 valence electrons. The Morgan fingerprint density at radius 1 is 1.32 bits per heavy atom. The number of rotatable bonds is 6. The van der Waals surface area contributed by atoms with E-state index in [1.807, 2.05) is 32.0 Å². The van der Waals surface area contributed by atoms with Crippen LogP contribution in [0, 0.1) is 6.92 Å². The van der Waals surface area contributed by atoms with Gasteiger partial charge in [0.05, 0.1) is 18.1 Å². The van der Waals surface area contributed by atoms with Gasteiger partial charge in [-0.3, -0.25) is 9.79 Å². The fraction of sp³-hybridized carbons (Fsp3) is 0.529. The molecule has 0 spiro atoms. The molecule has 7 nitrogen and oxygen atoms in total. The molecule has 0 bridgehead atoms. The molecule has 1 atom stereocenters. The number of guanidine groups is 1. The van der Waals surface area contributed by atoms with Crippen molar-refractivity contribution in [2.24, 2.45) is 4.99 Å². The molecule has 0 aliphatic carbocycles. The third-order valence-electron chi connectivity index (χ3n) is 3.87. The van der Waals surface area contributed by atoms with E-state index in [2.05, 4.69) is 20.9 Å². The molecule has 3 N–H and O–H groups in total. The van der Waals surface area contributed by atoms with Crippen LogP contribution >= 0.6 is 0 Å². The summed E-state index contributed by atoms with van der Waals surface area (Å²) in [4.78, 5) is 16.5. The van der Waals surface area contributed by atoms with E-state index in [4.69, 9.17) is 0 Å². The molecule has 1 aromatic carbocycles. The summed E-state index contributed by atoms with van der Waals surface area (Å²) < 4.78 is 23.1. The number of sulfone groups is 1. The quantitative estimate of drug-likeness (QED) is 0.386. The lowest BCUT2D eigenvalue weighted by atomic mass is 10.1. The predicted molar refractivity (Wildman–Crippen MR) is 99.7 cm³/mol. The zero-order valence-electron chi connectivity index (χ0n) is 14.7. The molecule has 1 aromatic rings. The third-order valence-corrected chi connectivity index (χ3v) is 5.63. The van der Waals surface area contributed by atoms with Crippen LogP contribution in [0.4, 0.5) is 0 Å². The van der Waals surface area contributed by atoms with Crippen LogP contribution in [0.1, 0.15) is 29.3 Å². The largest absolute Gasteiger partial charge is 0.357 e. The van der Waals surface area contributed by atoms with Gasteiger partial charge in [0.2, 0.25) is 0 Å². The van der Waals surface area contributed by atoms with Crippen LogP contribution in [0.2, 0.25) is 0 Å². The molecule has 1 aliphatic rings. The van der Waals surface area contributed by atoms with Gasteiger partial charge in [-0.25, -0.2) is 8.42 Å². The van der Waals surface area contributed by atoms with E-state index in [0.29, 0.717) is 37.6 Å². The van der Waals surface area contributed by atoms with Gasteiger partial charge in [-0.2, -0.15) is 0 Å². The monoisotopic (exact) mass is 366 g/mol. The van der Waals surface area contributed by atoms with Crippen LogP contribution < -0.4 is 16.0 Å². The summed E-state index contributed by atoms with van der Waals surface area (Å²) in [5.41, 5.74) is 1.67. The summed E-state index contributed by atoms with van der Waals surface area (Å²) in [6, 6.07) is 7.30. The molecule has 1 heterocycles. The summed E-state index contributed by atoms with van der Waals surface area (Å²) in [5, 5.41) is 9.08. The van der Waals surface area contributed by atoms with Crippen LogP contribution in [-0.2, 0) is 9.84 Å². The molecule has 25 heavy (non-hydrogen) atoms. The van der Waals surface area contributed by atoms with E-state index >= 15 is 0 Å². The van der Waals surface area contributed by atoms with Crippen molar-refractivity contribution < 1.29 is 13.2 Å². The maximum Gasteiger partial charge on any atom is 0.251 e. The molecule has 0 radical (unpaired) electrons. The van der Waals surface area contributed by atoms with Crippen LogP contribution in [0.25, 0.3) is 0 Å². The number of benzene rings is 1. The summed E-state index contributed by atoms with van der Waals surface area (Å²) >= 11 is 0. The average molecular weight is 366 g/mol. The van der Waals surface area contributed by atoms with Crippen molar-refractivity contribution in [3.8, 4) is 0 Å². The minimum absolute atomic E-state index is 0.107. The van der Waals surface area contributed by atoms with E-state index in [0.717, 1.165) is 5.56 Å². The summed E-state index contributed by atoms with van der Waals surface area (Å²) in [6.07, 6.45) is 0.594. The number of aryl methyl sites for hydroxylation is 1. The Kier molecular flexibility index (Phi) is 6.81. The summed E-state index contributed by atoms with van der Waals surface area (Å²) in [7, 11) is -2.93. The minimum Gasteiger partial charge on any atom is -0.357 e. The highest BCUT2D eigenvalue weighted by Gasteiger charge is 2.28. The molecule has 2 rings (SSSR count). The number of hydrogen-bond acceptors (Lipinski definition) is 4. The van der Waals surface area contributed by atoms with Crippen LogP contribution in [0.15, 0.2) is 29.3 Å². The van der Waals surface area contributed by atoms with Crippen molar-refractivity contribution in [1.29, 1.82) is 0 Å². The number of hydrogen-bond donors (Lipinski definition) is 3. The Hall–Kier alpha value is -2.09. The highest BCUT2D eigenvalue weighted by molar-refractivity contribution is 7.91. The smallest absolute Gasteiger partial charge is 0.251 e. The lowest BCUT2D eigenvalue weighted by Gasteiger charge is -2.15. The van der Waals surface area contributed by atoms with Crippen molar-refractivity contribution in [3.63, 3.8) is 0 Å². The number of carbonyl (C=O) groups is 1. The Labute approximate surface area is 149 Å². The zero-order chi connectivity index (χ0) is 18.3. The maximum atomic E-state index is 12.1. The Bertz CT molecular complexity index is 731. The first-order chi connectivity index (χ1) is 11.9. The van der Waals surface area contributed by atoms with E-state index < -0.39 is 9.84 Å². The van der Waals surface area contributed by atoms with Gasteiger partial charge in [0, 0.05) is 24.7 Å². The topological polar surface area (TPSA) is 99.7 Å². The van der Waals surface area contributed by atoms with Crippen molar-refractivity contribution in [3.05, 3.63) is 35.4 Å². The van der Waals surface area contributed by atoms with Gasteiger partial charge in [-0.05, 0) is 32.4 Å². The van der Waals surface area contributed by atoms with E-state index in [9.17, 15) is 13.2 Å². The van der Waals surface area contributed by atoms with Gasteiger partial charge in [0.1, 0.15) is 0 Å². The van der Waals surface area contributed by atoms with E-state index in [1.54, 1.807) is 6.07 Å². The second-order valence-electron chi connectivity index (χ2n) is 6.13. The standard InChI is InChI=1S/C17H26N4O3S/c1-3-18-17(21-15-7-10-25(23,24)12-15)20-9-8-19-16(22)14-6-4-5-13(2)11-14/h4-6,11,15H,3,7-10,12H2,1-2H3,(H,19,22)(H2,18,20,21). The van der Waals surface area contributed by atoms with Crippen LogP contribution in [0.5, 0.6) is 0 Å². The first-order valence-electron chi connectivity index (χ1n) is 8.50. The van der Waals surface area contributed by atoms with Crippen LogP contribution in [0.3, 0.4) is 0 Å². The van der Waals surface area contributed by atoms with Gasteiger partial charge in [-0.15, -0.1) is 0 Å². The highest BCUT2D eigenvalue weighted by atomic mass is 32.2. The number of aliphatic imine (C=N–C) groups is 1. The molecule has 8 heteroatoms. The molecule has 1 saturated heterocycles. The lowest BCUT2D eigenvalue weighted by Crippen LogP contribution is -2.44. The van der Waals surface area contributed by atoms with Gasteiger partial charge >= 0.3 is 0 Å². The van der Waals surface area contributed by atoms with Gasteiger partial charge in [0.25, 0.3) is 5.91 Å². The molecule has 1 amide bonds. The minimum atomic E-state index is -2.93. The van der Waals surface area contributed by atoms with E-state index in [-0.39, 0.29) is 23.5 Å². The summed E-state index contributed by atoms with van der Waals surface area (Å²) in [5.74, 6) is 0.811. The average Bonchev–Trinajstić information content (AvgIpc) is 2.90. The SMILES string of the molecule is CCNC(=NCCNC(=O)c1cccc(C)c1)NC1CCS(=O)(=O)C1. The van der Waals surface area contributed by atoms with Crippen molar-refractivity contribution in [2.75, 3.05) is 31.1 Å². The molecule has 0 aromatic heterocycles. The van der Waals surface area contributed by atoms with Gasteiger partial charge in [-0.1, -0.05) is 17.7 Å². The second kappa shape index (κ2) is 8.84. The first kappa shape index (κ1) is 19.2. The molecular weight excluding hydrogens is 340 g/mol. The number of carbonyl (C=O) groups excluding carboxylic acids is 1. The molecular formula is C17H26N4O3S. The molecule has 1 unspecified atom stereocenters. The van der Waals surface area contributed by atoms with Crippen molar-refractivity contribution in [1.82, 2.24) is 16.0 Å². The third kappa shape index (κ3) is 6.38. The molecule has 1 aliphatic heterocycles.